The molecule has 2 atom stereocenters. The SMILES string of the molecule is CCC(C)CC(C)NCC(F)F. The molecule has 0 aliphatic carbocycles. The van der Waals surface area contributed by atoms with E-state index in [-0.39, 0.29) is 12.6 Å². The van der Waals surface area contributed by atoms with Gasteiger partial charge in [0.1, 0.15) is 0 Å². The summed E-state index contributed by atoms with van der Waals surface area (Å²) in [6.45, 7) is 6.02. The molecule has 0 radical (unpaired) electrons. The van der Waals surface area contributed by atoms with Gasteiger partial charge in [-0.15, -0.1) is 0 Å². The molecule has 0 aromatic rings. The van der Waals surface area contributed by atoms with Gasteiger partial charge in [0.15, 0.2) is 0 Å². The molecular weight excluding hydrogens is 160 g/mol. The van der Waals surface area contributed by atoms with Crippen molar-refractivity contribution in [1.29, 1.82) is 0 Å². The van der Waals surface area contributed by atoms with E-state index in [9.17, 15) is 8.78 Å². The van der Waals surface area contributed by atoms with Gasteiger partial charge in [-0.2, -0.15) is 0 Å². The van der Waals surface area contributed by atoms with Crippen LogP contribution >= 0.6 is 0 Å². The second kappa shape index (κ2) is 6.35. The molecule has 0 aliphatic rings. The Morgan fingerprint density at radius 2 is 1.83 bits per heavy atom. The third-order valence-corrected chi connectivity index (χ3v) is 2.07. The summed E-state index contributed by atoms with van der Waals surface area (Å²) < 4.78 is 23.5. The first kappa shape index (κ1) is 11.8. The van der Waals surface area contributed by atoms with Gasteiger partial charge in [-0.3, -0.25) is 0 Å². The average Bonchev–Trinajstić information content (AvgIpc) is 2.00. The molecule has 0 rings (SSSR count). The number of hydrogen-bond donors (Lipinski definition) is 1. The van der Waals surface area contributed by atoms with Crippen molar-refractivity contribution in [2.75, 3.05) is 6.54 Å². The first-order valence-corrected chi connectivity index (χ1v) is 4.57. The summed E-state index contributed by atoms with van der Waals surface area (Å²) in [5.41, 5.74) is 0. The summed E-state index contributed by atoms with van der Waals surface area (Å²) in [7, 11) is 0. The van der Waals surface area contributed by atoms with Gasteiger partial charge in [-0.1, -0.05) is 20.3 Å². The van der Waals surface area contributed by atoms with Crippen molar-refractivity contribution in [2.24, 2.45) is 5.92 Å². The monoisotopic (exact) mass is 179 g/mol. The fraction of sp³-hybridized carbons (Fsp3) is 1.00. The van der Waals surface area contributed by atoms with E-state index in [4.69, 9.17) is 0 Å². The van der Waals surface area contributed by atoms with Crippen molar-refractivity contribution in [3.8, 4) is 0 Å². The van der Waals surface area contributed by atoms with Crippen molar-refractivity contribution < 1.29 is 8.78 Å². The van der Waals surface area contributed by atoms with Crippen LogP contribution in [0.25, 0.3) is 0 Å². The second-order valence-electron chi connectivity index (χ2n) is 3.45. The van der Waals surface area contributed by atoms with E-state index < -0.39 is 6.43 Å². The van der Waals surface area contributed by atoms with Crippen LogP contribution in [0.5, 0.6) is 0 Å². The lowest BCUT2D eigenvalue weighted by Crippen LogP contribution is -2.31. The highest BCUT2D eigenvalue weighted by Crippen LogP contribution is 2.09. The lowest BCUT2D eigenvalue weighted by Gasteiger charge is -2.16. The third-order valence-electron chi connectivity index (χ3n) is 2.07. The van der Waals surface area contributed by atoms with Gasteiger partial charge in [-0.05, 0) is 19.3 Å². The van der Waals surface area contributed by atoms with Gasteiger partial charge >= 0.3 is 0 Å². The largest absolute Gasteiger partial charge is 0.309 e. The lowest BCUT2D eigenvalue weighted by molar-refractivity contribution is 0.140. The summed E-state index contributed by atoms with van der Waals surface area (Å²) in [4.78, 5) is 0. The molecule has 0 heterocycles. The van der Waals surface area contributed by atoms with Crippen molar-refractivity contribution >= 4 is 0 Å². The molecule has 0 saturated heterocycles. The van der Waals surface area contributed by atoms with Crippen LogP contribution in [0.4, 0.5) is 8.78 Å². The highest BCUT2D eigenvalue weighted by molar-refractivity contribution is 4.64. The number of nitrogens with one attached hydrogen (secondary N) is 1. The molecule has 0 aromatic heterocycles. The Labute approximate surface area is 73.5 Å². The van der Waals surface area contributed by atoms with Crippen LogP contribution in [-0.2, 0) is 0 Å². The zero-order valence-corrected chi connectivity index (χ0v) is 8.11. The molecule has 2 unspecified atom stereocenters. The number of rotatable bonds is 6. The molecule has 0 spiro atoms. The van der Waals surface area contributed by atoms with Crippen LogP contribution in [0.3, 0.4) is 0 Å². The van der Waals surface area contributed by atoms with E-state index in [2.05, 4.69) is 19.2 Å². The third kappa shape index (κ3) is 6.53. The van der Waals surface area contributed by atoms with Gasteiger partial charge in [0, 0.05) is 6.04 Å². The highest BCUT2D eigenvalue weighted by Gasteiger charge is 2.08. The molecule has 1 N–H and O–H groups in total. The Balaban J connectivity index is 3.39. The lowest BCUT2D eigenvalue weighted by atomic mass is 10.0. The standard InChI is InChI=1S/C9H19F2N/c1-4-7(2)5-8(3)12-6-9(10)11/h7-9,12H,4-6H2,1-3H3. The maximum absolute atomic E-state index is 11.8. The maximum atomic E-state index is 11.8. The van der Waals surface area contributed by atoms with Crippen molar-refractivity contribution in [3.05, 3.63) is 0 Å². The van der Waals surface area contributed by atoms with E-state index in [1.165, 1.54) is 0 Å². The zero-order chi connectivity index (χ0) is 9.56. The first-order chi connectivity index (χ1) is 5.56. The van der Waals surface area contributed by atoms with Gasteiger partial charge < -0.3 is 5.32 Å². The van der Waals surface area contributed by atoms with Crippen molar-refractivity contribution in [2.45, 2.75) is 46.1 Å². The van der Waals surface area contributed by atoms with E-state index in [1.807, 2.05) is 6.92 Å². The van der Waals surface area contributed by atoms with Crippen molar-refractivity contribution in [3.63, 3.8) is 0 Å². The predicted octanol–water partition coefficient (Wildman–Crippen LogP) is 2.67. The highest BCUT2D eigenvalue weighted by atomic mass is 19.3. The van der Waals surface area contributed by atoms with Gasteiger partial charge in [0.05, 0.1) is 6.54 Å². The molecule has 0 aliphatic heterocycles. The van der Waals surface area contributed by atoms with Crippen LogP contribution in [0, 0.1) is 5.92 Å². The smallest absolute Gasteiger partial charge is 0.250 e. The summed E-state index contributed by atoms with van der Waals surface area (Å²) >= 11 is 0. The van der Waals surface area contributed by atoms with E-state index in [0.717, 1.165) is 12.8 Å². The molecule has 0 fully saturated rings. The Bertz CT molecular complexity index is 107. The van der Waals surface area contributed by atoms with Gasteiger partial charge in [0.2, 0.25) is 0 Å². The van der Waals surface area contributed by atoms with Gasteiger partial charge in [-0.25, -0.2) is 8.78 Å². The summed E-state index contributed by atoms with van der Waals surface area (Å²) in [5.74, 6) is 0.616. The molecular formula is C9H19F2N. The Morgan fingerprint density at radius 3 is 2.25 bits per heavy atom. The van der Waals surface area contributed by atoms with Crippen LogP contribution in [0.15, 0.2) is 0 Å². The minimum absolute atomic E-state index is 0.183. The topological polar surface area (TPSA) is 12.0 Å². The minimum Gasteiger partial charge on any atom is -0.309 e. The molecule has 74 valence electrons. The van der Waals surface area contributed by atoms with Crippen LogP contribution in [-0.4, -0.2) is 19.0 Å². The fourth-order valence-electron chi connectivity index (χ4n) is 1.14. The summed E-state index contributed by atoms with van der Waals surface area (Å²) in [5, 5.41) is 2.80. The number of halogens is 2. The van der Waals surface area contributed by atoms with Gasteiger partial charge in [0.25, 0.3) is 6.43 Å². The molecule has 0 amide bonds. The summed E-state index contributed by atoms with van der Waals surface area (Å²) in [6, 6.07) is 0.203. The molecule has 0 bridgehead atoms. The van der Waals surface area contributed by atoms with Crippen LogP contribution in [0.2, 0.25) is 0 Å². The molecule has 12 heavy (non-hydrogen) atoms. The quantitative estimate of drug-likeness (QED) is 0.661. The average molecular weight is 179 g/mol. The molecule has 1 nitrogen and oxygen atoms in total. The van der Waals surface area contributed by atoms with E-state index in [0.29, 0.717) is 5.92 Å². The first-order valence-electron chi connectivity index (χ1n) is 4.57. The number of alkyl halides is 2. The molecule has 0 aromatic carbocycles. The normalized spacial score (nSPS) is 16.5. The Hall–Kier alpha value is -0.180. The van der Waals surface area contributed by atoms with Crippen molar-refractivity contribution in [1.82, 2.24) is 5.32 Å². The Morgan fingerprint density at radius 1 is 1.25 bits per heavy atom. The predicted molar refractivity (Wildman–Crippen MR) is 47.5 cm³/mol. The Kier molecular flexibility index (Phi) is 6.25. The maximum Gasteiger partial charge on any atom is 0.250 e. The van der Waals surface area contributed by atoms with Crippen LogP contribution in [0.1, 0.15) is 33.6 Å². The molecule has 0 saturated carbocycles. The van der Waals surface area contributed by atoms with E-state index in [1.54, 1.807) is 0 Å². The fourth-order valence-corrected chi connectivity index (χ4v) is 1.14. The summed E-state index contributed by atoms with van der Waals surface area (Å²) in [6.07, 6.45) is -0.145. The van der Waals surface area contributed by atoms with Crippen LogP contribution < -0.4 is 5.32 Å². The molecule has 3 heteroatoms. The van der Waals surface area contributed by atoms with E-state index >= 15 is 0 Å². The zero-order valence-electron chi connectivity index (χ0n) is 8.11. The minimum atomic E-state index is -2.23. The second-order valence-corrected chi connectivity index (χ2v) is 3.45. The number of hydrogen-bond acceptors (Lipinski definition) is 1.